The van der Waals surface area contributed by atoms with Crippen molar-refractivity contribution in [1.82, 2.24) is 4.72 Å². The zero-order valence-corrected chi connectivity index (χ0v) is 16.7. The molecule has 26 heavy (non-hydrogen) atoms. The summed E-state index contributed by atoms with van der Waals surface area (Å²) in [4.78, 5) is 14.3. The molecule has 144 valence electrons. The van der Waals surface area contributed by atoms with Gasteiger partial charge in [-0.2, -0.15) is 0 Å². The maximum absolute atomic E-state index is 12.9. The van der Waals surface area contributed by atoms with Crippen LogP contribution in [-0.2, 0) is 20.2 Å². The monoisotopic (exact) mass is 380 g/mol. The number of aliphatic hydroxyl groups is 1. The van der Waals surface area contributed by atoms with Gasteiger partial charge in [-0.05, 0) is 56.9 Å². The van der Waals surface area contributed by atoms with Gasteiger partial charge in [-0.15, -0.1) is 0 Å². The molecule has 0 atom stereocenters. The lowest BCUT2D eigenvalue weighted by Gasteiger charge is -2.26. The Morgan fingerprint density at radius 3 is 2.42 bits per heavy atom. The Hall–Kier alpha value is -1.44. The fourth-order valence-corrected chi connectivity index (χ4v) is 5.57. The lowest BCUT2D eigenvalue weighted by Crippen LogP contribution is -2.38. The number of aliphatic hydroxyl groups excluding tert-OH is 1. The Balaban J connectivity index is 1.94. The molecule has 1 aliphatic heterocycles. The van der Waals surface area contributed by atoms with E-state index in [0.29, 0.717) is 0 Å². The third-order valence-corrected chi connectivity index (χ3v) is 7.45. The van der Waals surface area contributed by atoms with Crippen LogP contribution in [0.4, 0.5) is 5.69 Å². The molecule has 1 aliphatic carbocycles. The number of fused-ring (bicyclic) bond motifs is 1. The van der Waals surface area contributed by atoms with Crippen LogP contribution >= 0.6 is 0 Å². The molecule has 1 amide bonds. The van der Waals surface area contributed by atoms with E-state index in [4.69, 9.17) is 0 Å². The molecule has 1 fully saturated rings. The number of carbonyl (C=O) groups is 1. The Morgan fingerprint density at radius 2 is 1.85 bits per heavy atom. The maximum atomic E-state index is 12.9. The van der Waals surface area contributed by atoms with Crippen LogP contribution in [0, 0.1) is 12.3 Å². The number of amides is 1. The van der Waals surface area contributed by atoms with Crippen LogP contribution in [0.2, 0.25) is 0 Å². The molecule has 1 aromatic carbocycles. The number of aryl methyl sites for hydroxylation is 1. The van der Waals surface area contributed by atoms with Crippen molar-refractivity contribution >= 4 is 21.6 Å². The molecule has 0 spiro atoms. The summed E-state index contributed by atoms with van der Waals surface area (Å²) < 4.78 is 28.5. The zero-order chi connectivity index (χ0) is 19.3. The van der Waals surface area contributed by atoms with Crippen molar-refractivity contribution in [3.05, 3.63) is 23.3 Å². The average Bonchev–Trinajstić information content (AvgIpc) is 3.13. The maximum Gasteiger partial charge on any atom is 0.240 e. The van der Waals surface area contributed by atoms with Gasteiger partial charge in [0.1, 0.15) is 0 Å². The summed E-state index contributed by atoms with van der Waals surface area (Å²) in [7, 11) is -1.99. The number of nitrogens with one attached hydrogen (secondary N) is 1. The number of anilines is 1. The topological polar surface area (TPSA) is 86.7 Å². The van der Waals surface area contributed by atoms with Gasteiger partial charge < -0.3 is 10.0 Å². The number of hydrogen-bond donors (Lipinski definition) is 2. The molecule has 6 nitrogen and oxygen atoms in total. The molecule has 3 rings (SSSR count). The molecule has 1 heterocycles. The van der Waals surface area contributed by atoms with Gasteiger partial charge in [0.25, 0.3) is 0 Å². The van der Waals surface area contributed by atoms with Gasteiger partial charge in [0.05, 0.1) is 16.0 Å². The molecular weight excluding hydrogens is 352 g/mol. The summed E-state index contributed by atoms with van der Waals surface area (Å²) in [5.41, 5.74) is 1.19. The van der Waals surface area contributed by atoms with Gasteiger partial charge in [-0.3, -0.25) is 4.79 Å². The van der Waals surface area contributed by atoms with Crippen LogP contribution in [0.1, 0.15) is 50.7 Å². The van der Waals surface area contributed by atoms with Crippen LogP contribution in [0.5, 0.6) is 0 Å². The van der Waals surface area contributed by atoms with E-state index in [1.54, 1.807) is 24.1 Å². The van der Waals surface area contributed by atoms with Crippen LogP contribution in [0.3, 0.4) is 0 Å². The van der Waals surface area contributed by atoms with E-state index in [2.05, 4.69) is 4.72 Å². The van der Waals surface area contributed by atoms with E-state index in [9.17, 15) is 18.3 Å². The summed E-state index contributed by atoms with van der Waals surface area (Å²) in [5.74, 6) is -0.0386. The second-order valence-corrected chi connectivity index (χ2v) is 10.1. The zero-order valence-electron chi connectivity index (χ0n) is 15.9. The summed E-state index contributed by atoms with van der Waals surface area (Å²) in [6.45, 7) is 5.70. The molecule has 0 bridgehead atoms. The molecule has 2 aliphatic rings. The van der Waals surface area contributed by atoms with Crippen molar-refractivity contribution in [2.45, 2.75) is 56.8 Å². The number of nitrogens with zero attached hydrogens (tertiary/aromatic N) is 1. The molecular formula is C19H28N2O4S. The Bertz CT molecular complexity index is 839. The molecule has 0 unspecified atom stereocenters. The summed E-state index contributed by atoms with van der Waals surface area (Å²) in [6.07, 6.45) is 3.70. The van der Waals surface area contributed by atoms with Crippen molar-refractivity contribution in [2.75, 3.05) is 25.1 Å². The van der Waals surface area contributed by atoms with Crippen LogP contribution in [-0.4, -0.2) is 39.6 Å². The predicted molar refractivity (Wildman–Crippen MR) is 101 cm³/mol. The lowest BCUT2D eigenvalue weighted by molar-refractivity contribution is -0.121. The number of hydrogen-bond acceptors (Lipinski definition) is 4. The first kappa shape index (κ1) is 19.3. The summed E-state index contributed by atoms with van der Waals surface area (Å²) >= 11 is 0. The van der Waals surface area contributed by atoms with Crippen molar-refractivity contribution in [2.24, 2.45) is 5.41 Å². The first-order valence-corrected chi connectivity index (χ1v) is 10.6. The van der Waals surface area contributed by atoms with Crippen molar-refractivity contribution in [3.8, 4) is 0 Å². The first-order valence-electron chi connectivity index (χ1n) is 9.08. The van der Waals surface area contributed by atoms with E-state index in [1.165, 1.54) is 0 Å². The highest BCUT2D eigenvalue weighted by Crippen LogP contribution is 2.44. The Labute approximate surface area is 155 Å². The first-order chi connectivity index (χ1) is 12.0. The smallest absolute Gasteiger partial charge is 0.240 e. The minimum Gasteiger partial charge on any atom is -0.396 e. The highest BCUT2D eigenvalue weighted by atomic mass is 32.2. The van der Waals surface area contributed by atoms with E-state index in [-0.39, 0.29) is 29.4 Å². The Morgan fingerprint density at radius 1 is 1.23 bits per heavy atom. The fraction of sp³-hybridized carbons (Fsp3) is 0.632. The molecule has 0 saturated heterocycles. The molecule has 0 aromatic heterocycles. The van der Waals surface area contributed by atoms with Crippen LogP contribution in [0.25, 0.3) is 0 Å². The van der Waals surface area contributed by atoms with Crippen molar-refractivity contribution in [1.29, 1.82) is 0 Å². The third-order valence-electron chi connectivity index (χ3n) is 6.07. The molecule has 2 N–H and O–H groups in total. The number of likely N-dealkylation sites (N-methyl/N-ethyl adjacent to an activating group) is 1. The normalized spacial score (nSPS) is 21.3. The van der Waals surface area contributed by atoms with Gasteiger partial charge in [0.15, 0.2) is 0 Å². The number of carbonyl (C=O) groups excluding carboxylic acids is 1. The minimum atomic E-state index is -3.72. The number of rotatable bonds is 5. The summed E-state index contributed by atoms with van der Waals surface area (Å²) in [6, 6.07) is 3.24. The van der Waals surface area contributed by atoms with E-state index in [0.717, 1.165) is 42.5 Å². The average molecular weight is 381 g/mol. The standard InChI is InChI=1S/C19H28N2O4S/c1-13-9-14(10-15-16(13)21(4)17(23)18(15,2)3)26(24,25)20-11-19(12-22)7-5-6-8-19/h9-10,20,22H,5-8,11-12H2,1-4H3. The van der Waals surface area contributed by atoms with Gasteiger partial charge >= 0.3 is 0 Å². The van der Waals surface area contributed by atoms with Crippen LogP contribution < -0.4 is 9.62 Å². The van der Waals surface area contributed by atoms with Gasteiger partial charge in [0, 0.05) is 25.6 Å². The SMILES string of the molecule is Cc1cc(S(=O)(=O)NCC2(CO)CCCC2)cc2c1N(C)C(=O)C2(C)C. The van der Waals surface area contributed by atoms with Crippen LogP contribution in [0.15, 0.2) is 17.0 Å². The molecule has 1 saturated carbocycles. The highest BCUT2D eigenvalue weighted by Gasteiger charge is 2.44. The van der Waals surface area contributed by atoms with E-state index >= 15 is 0 Å². The van der Waals surface area contributed by atoms with Crippen molar-refractivity contribution in [3.63, 3.8) is 0 Å². The number of sulfonamides is 1. The molecule has 1 aromatic rings. The van der Waals surface area contributed by atoms with Gasteiger partial charge in [-0.25, -0.2) is 13.1 Å². The van der Waals surface area contributed by atoms with Gasteiger partial charge in [-0.1, -0.05) is 12.8 Å². The predicted octanol–water partition coefficient (Wildman–Crippen LogP) is 2.08. The lowest BCUT2D eigenvalue weighted by atomic mass is 9.85. The Kier molecular flexibility index (Phi) is 4.70. The summed E-state index contributed by atoms with van der Waals surface area (Å²) in [5, 5.41) is 9.70. The number of benzene rings is 1. The largest absolute Gasteiger partial charge is 0.396 e. The van der Waals surface area contributed by atoms with Crippen molar-refractivity contribution < 1.29 is 18.3 Å². The second-order valence-electron chi connectivity index (χ2n) is 8.32. The minimum absolute atomic E-state index is 0.00887. The quantitative estimate of drug-likeness (QED) is 0.819. The van der Waals surface area contributed by atoms with E-state index < -0.39 is 15.4 Å². The van der Waals surface area contributed by atoms with Gasteiger partial charge in [0.2, 0.25) is 15.9 Å². The fourth-order valence-electron chi connectivity index (χ4n) is 4.31. The molecule has 7 heteroatoms. The highest BCUT2D eigenvalue weighted by molar-refractivity contribution is 7.89. The second kappa shape index (κ2) is 6.32. The molecule has 0 radical (unpaired) electrons. The third kappa shape index (κ3) is 2.96. The van der Waals surface area contributed by atoms with E-state index in [1.807, 2.05) is 20.8 Å².